The maximum absolute atomic E-state index is 13.0. The molecule has 2 aromatic carbocycles. The lowest BCUT2D eigenvalue weighted by molar-refractivity contribution is -0.122. The summed E-state index contributed by atoms with van der Waals surface area (Å²) in [6.45, 7) is 5.32. The molecule has 0 aliphatic carbocycles. The molecular formula is C22H25FN2O4. The molecule has 0 bridgehead atoms. The molecule has 1 fully saturated rings. The Balaban J connectivity index is 1.79. The molecule has 0 saturated carbocycles. The Hall–Kier alpha value is -3.09. The fraction of sp³-hybridized carbons (Fsp3) is 0.364. The van der Waals surface area contributed by atoms with Crippen LogP contribution in [0.1, 0.15) is 45.2 Å². The van der Waals surface area contributed by atoms with Crippen LogP contribution in [0.25, 0.3) is 0 Å². The van der Waals surface area contributed by atoms with Crippen LogP contribution in [0.3, 0.4) is 0 Å². The minimum absolute atomic E-state index is 0.317. The highest BCUT2D eigenvalue weighted by Crippen LogP contribution is 2.38. The van der Waals surface area contributed by atoms with Crippen LogP contribution in [-0.2, 0) is 9.53 Å². The molecular weight excluding hydrogens is 375 g/mol. The summed E-state index contributed by atoms with van der Waals surface area (Å²) in [5.41, 5.74) is 5.69. The van der Waals surface area contributed by atoms with Crippen LogP contribution in [0, 0.1) is 5.82 Å². The maximum atomic E-state index is 13.0. The van der Waals surface area contributed by atoms with Crippen LogP contribution in [-0.4, -0.2) is 28.5 Å². The normalized spacial score (nSPS) is 19.1. The molecule has 0 unspecified atom stereocenters. The lowest BCUT2D eigenvalue weighted by atomic mass is 10.0. The number of primary amides is 1. The average molecular weight is 400 g/mol. The number of amides is 2. The lowest BCUT2D eigenvalue weighted by Crippen LogP contribution is -2.46. The van der Waals surface area contributed by atoms with E-state index in [2.05, 4.69) is 0 Å². The first-order valence-electron chi connectivity index (χ1n) is 9.48. The van der Waals surface area contributed by atoms with Gasteiger partial charge in [0.25, 0.3) is 0 Å². The molecule has 2 N–H and O–H groups in total. The Morgan fingerprint density at radius 1 is 1.00 bits per heavy atom. The Bertz CT molecular complexity index is 875. The van der Waals surface area contributed by atoms with Crippen LogP contribution in [0.5, 0.6) is 11.5 Å². The molecule has 6 nitrogen and oxygen atoms in total. The maximum Gasteiger partial charge on any atom is 0.411 e. The van der Waals surface area contributed by atoms with Crippen LogP contribution < -0.4 is 10.5 Å². The Labute approximate surface area is 169 Å². The van der Waals surface area contributed by atoms with Gasteiger partial charge in [-0.3, -0.25) is 9.69 Å². The lowest BCUT2D eigenvalue weighted by Gasteiger charge is -2.31. The number of ether oxygens (including phenoxy) is 2. The summed E-state index contributed by atoms with van der Waals surface area (Å²) in [5, 5.41) is 0. The van der Waals surface area contributed by atoms with Crippen molar-refractivity contribution in [2.75, 3.05) is 0 Å². The van der Waals surface area contributed by atoms with E-state index in [1.54, 1.807) is 45.0 Å². The van der Waals surface area contributed by atoms with E-state index >= 15 is 0 Å². The van der Waals surface area contributed by atoms with Crippen molar-refractivity contribution < 1.29 is 23.5 Å². The van der Waals surface area contributed by atoms with Gasteiger partial charge in [0.05, 0.1) is 6.04 Å². The molecule has 1 aliphatic heterocycles. The number of hydrogen-bond acceptors (Lipinski definition) is 4. The van der Waals surface area contributed by atoms with Gasteiger partial charge in [-0.25, -0.2) is 9.18 Å². The van der Waals surface area contributed by atoms with Crippen LogP contribution >= 0.6 is 0 Å². The number of likely N-dealkylation sites (tertiary alicyclic amines) is 1. The highest BCUT2D eigenvalue weighted by Gasteiger charge is 2.42. The summed E-state index contributed by atoms with van der Waals surface area (Å²) in [6, 6.07) is 11.9. The summed E-state index contributed by atoms with van der Waals surface area (Å²) >= 11 is 0. The summed E-state index contributed by atoms with van der Waals surface area (Å²) in [4.78, 5) is 26.0. The van der Waals surface area contributed by atoms with Gasteiger partial charge in [-0.1, -0.05) is 12.1 Å². The zero-order chi connectivity index (χ0) is 21.2. The first-order chi connectivity index (χ1) is 13.6. The summed E-state index contributed by atoms with van der Waals surface area (Å²) in [6.07, 6.45) is 0.522. The predicted octanol–water partition coefficient (Wildman–Crippen LogP) is 4.54. The highest BCUT2D eigenvalue weighted by atomic mass is 19.1. The molecule has 1 heterocycles. The minimum Gasteiger partial charge on any atom is -0.457 e. The SMILES string of the molecule is CC(C)(C)OC(=O)N1[C@@H](c2ccc(Oc3ccc(F)cc3)cc2)CC[C@H]1C(N)=O. The summed E-state index contributed by atoms with van der Waals surface area (Å²) in [7, 11) is 0. The zero-order valence-electron chi connectivity index (χ0n) is 16.7. The second-order valence-electron chi connectivity index (χ2n) is 8.02. The standard InChI is InChI=1S/C22H25FN2O4/c1-22(2,3)29-21(27)25-18(12-13-19(25)20(24)26)14-4-8-16(9-5-14)28-17-10-6-15(23)7-11-17/h4-11,18-19H,12-13H2,1-3H3,(H2,24,26)/t18-,19+/m1/s1. The third-order valence-corrected chi connectivity index (χ3v) is 4.63. The number of carbonyl (C=O) groups excluding carboxylic acids is 2. The molecule has 0 radical (unpaired) electrons. The third kappa shape index (κ3) is 5.04. The van der Waals surface area contributed by atoms with Gasteiger partial charge >= 0.3 is 6.09 Å². The molecule has 2 aromatic rings. The average Bonchev–Trinajstić information content (AvgIpc) is 3.08. The van der Waals surface area contributed by atoms with Gasteiger partial charge in [-0.05, 0) is 75.6 Å². The van der Waals surface area contributed by atoms with E-state index in [9.17, 15) is 14.0 Å². The highest BCUT2D eigenvalue weighted by molar-refractivity contribution is 5.85. The fourth-order valence-corrected chi connectivity index (χ4v) is 3.38. The number of halogens is 1. The van der Waals surface area contributed by atoms with E-state index in [1.165, 1.54) is 17.0 Å². The molecule has 1 saturated heterocycles. The van der Waals surface area contributed by atoms with Gasteiger partial charge in [-0.15, -0.1) is 0 Å². The second kappa shape index (κ2) is 8.11. The predicted molar refractivity (Wildman–Crippen MR) is 106 cm³/mol. The molecule has 0 spiro atoms. The zero-order valence-corrected chi connectivity index (χ0v) is 16.7. The number of hydrogen-bond donors (Lipinski definition) is 1. The fourth-order valence-electron chi connectivity index (χ4n) is 3.38. The molecule has 2 amide bonds. The molecule has 2 atom stereocenters. The van der Waals surface area contributed by atoms with Crippen molar-refractivity contribution in [1.29, 1.82) is 0 Å². The Morgan fingerprint density at radius 3 is 2.07 bits per heavy atom. The number of nitrogens with zero attached hydrogens (tertiary/aromatic N) is 1. The van der Waals surface area contributed by atoms with Gasteiger partial charge in [0.2, 0.25) is 5.91 Å². The molecule has 3 rings (SSSR count). The topological polar surface area (TPSA) is 81.9 Å². The van der Waals surface area contributed by atoms with Crippen molar-refractivity contribution in [2.45, 2.75) is 51.3 Å². The van der Waals surface area contributed by atoms with Crippen molar-refractivity contribution in [1.82, 2.24) is 4.90 Å². The number of carbonyl (C=O) groups is 2. The van der Waals surface area contributed by atoms with Crippen molar-refractivity contribution in [3.63, 3.8) is 0 Å². The van der Waals surface area contributed by atoms with Crippen molar-refractivity contribution >= 4 is 12.0 Å². The smallest absolute Gasteiger partial charge is 0.411 e. The van der Waals surface area contributed by atoms with Crippen molar-refractivity contribution in [3.05, 3.63) is 59.9 Å². The number of rotatable bonds is 4. The second-order valence-corrected chi connectivity index (χ2v) is 8.02. The molecule has 1 aliphatic rings. The van der Waals surface area contributed by atoms with E-state index < -0.39 is 23.6 Å². The van der Waals surface area contributed by atoms with Crippen molar-refractivity contribution in [3.8, 4) is 11.5 Å². The quantitative estimate of drug-likeness (QED) is 0.817. The van der Waals surface area contributed by atoms with E-state index in [0.29, 0.717) is 24.3 Å². The monoisotopic (exact) mass is 400 g/mol. The first kappa shape index (κ1) is 20.6. The molecule has 154 valence electrons. The molecule has 0 aromatic heterocycles. The largest absolute Gasteiger partial charge is 0.457 e. The molecule has 7 heteroatoms. The van der Waals surface area contributed by atoms with Crippen LogP contribution in [0.2, 0.25) is 0 Å². The van der Waals surface area contributed by atoms with Gasteiger partial charge in [0, 0.05) is 0 Å². The summed E-state index contributed by atoms with van der Waals surface area (Å²) in [5.74, 6) is 0.215. The van der Waals surface area contributed by atoms with E-state index in [1.807, 2.05) is 12.1 Å². The van der Waals surface area contributed by atoms with E-state index in [4.69, 9.17) is 15.2 Å². The molecule has 29 heavy (non-hydrogen) atoms. The van der Waals surface area contributed by atoms with Crippen LogP contribution in [0.4, 0.5) is 9.18 Å². The van der Waals surface area contributed by atoms with Gasteiger partial charge < -0.3 is 15.2 Å². The van der Waals surface area contributed by atoms with Crippen LogP contribution in [0.15, 0.2) is 48.5 Å². The Morgan fingerprint density at radius 2 is 1.55 bits per heavy atom. The number of benzene rings is 2. The first-order valence-corrected chi connectivity index (χ1v) is 9.48. The van der Waals surface area contributed by atoms with E-state index in [-0.39, 0.29) is 11.9 Å². The minimum atomic E-state index is -0.704. The van der Waals surface area contributed by atoms with Gasteiger partial charge in [-0.2, -0.15) is 0 Å². The van der Waals surface area contributed by atoms with Gasteiger partial charge in [0.15, 0.2) is 0 Å². The van der Waals surface area contributed by atoms with Gasteiger partial charge in [0.1, 0.15) is 29.0 Å². The van der Waals surface area contributed by atoms with E-state index in [0.717, 1.165) is 5.56 Å². The number of nitrogens with two attached hydrogens (primary N) is 1. The van der Waals surface area contributed by atoms with Crippen molar-refractivity contribution in [2.24, 2.45) is 5.73 Å². The third-order valence-electron chi connectivity index (χ3n) is 4.63. The summed E-state index contributed by atoms with van der Waals surface area (Å²) < 4.78 is 24.2. The Kier molecular flexibility index (Phi) is 5.77.